The molecular formula is C11H15NOSi. The molecule has 0 aliphatic heterocycles. The third-order valence-corrected chi connectivity index (χ3v) is 1.94. The Balaban J connectivity index is 0.000000255. The van der Waals surface area contributed by atoms with E-state index in [9.17, 15) is 4.79 Å². The maximum Gasteiger partial charge on any atom is 0.164 e. The largest absolute Gasteiger partial charge is 0.298 e. The zero-order chi connectivity index (χ0) is 11.0. The Kier molecular flexibility index (Phi) is 5.50. The Hall–Kier alpha value is -1.40. The lowest BCUT2D eigenvalue weighted by molar-refractivity contribution is 0.112. The van der Waals surface area contributed by atoms with Crippen LogP contribution in [0.4, 0.5) is 0 Å². The molecule has 1 aromatic rings. The van der Waals surface area contributed by atoms with Crippen molar-refractivity contribution in [1.82, 2.24) is 0 Å². The highest BCUT2D eigenvalue weighted by Crippen LogP contribution is 1.94. The van der Waals surface area contributed by atoms with Crippen LogP contribution in [0.5, 0.6) is 0 Å². The van der Waals surface area contributed by atoms with E-state index in [1.807, 2.05) is 37.8 Å². The maximum atomic E-state index is 10.0. The van der Waals surface area contributed by atoms with Crippen molar-refractivity contribution < 1.29 is 4.79 Å². The maximum absolute atomic E-state index is 10.0. The van der Waals surface area contributed by atoms with Crippen LogP contribution in [0.1, 0.15) is 10.4 Å². The van der Waals surface area contributed by atoms with E-state index in [-0.39, 0.29) is 0 Å². The van der Waals surface area contributed by atoms with Crippen LogP contribution in [0.3, 0.4) is 0 Å². The van der Waals surface area contributed by atoms with Gasteiger partial charge in [-0.15, -0.1) is 0 Å². The second-order valence-electron chi connectivity index (χ2n) is 3.89. The van der Waals surface area contributed by atoms with Crippen LogP contribution in [0.15, 0.2) is 30.3 Å². The lowest BCUT2D eigenvalue weighted by Gasteiger charge is -1.96. The lowest BCUT2D eigenvalue weighted by Crippen LogP contribution is -2.15. The minimum absolute atomic E-state index is 0.729. The molecule has 0 amide bonds. The second kappa shape index (κ2) is 6.11. The molecule has 0 atom stereocenters. The minimum Gasteiger partial charge on any atom is -0.298 e. The van der Waals surface area contributed by atoms with Gasteiger partial charge in [0, 0.05) is 11.3 Å². The van der Waals surface area contributed by atoms with Gasteiger partial charge >= 0.3 is 0 Å². The number of hydrogen-bond donors (Lipinski definition) is 0. The molecule has 14 heavy (non-hydrogen) atoms. The summed E-state index contributed by atoms with van der Waals surface area (Å²) in [5.74, 6) is 0. The highest BCUT2D eigenvalue weighted by molar-refractivity contribution is 6.83. The fraction of sp³-hybridized carbons (Fsp3) is 0.273. The SMILES string of the molecule is C[Si](C)(C)C#N.O=Cc1ccccc1. The van der Waals surface area contributed by atoms with Gasteiger partial charge in [0.25, 0.3) is 0 Å². The Morgan fingerprint density at radius 1 is 1.21 bits per heavy atom. The first-order valence-electron chi connectivity index (χ1n) is 4.41. The third kappa shape index (κ3) is 7.26. The minimum atomic E-state index is -1.33. The first-order valence-corrected chi connectivity index (χ1v) is 7.91. The Bertz CT molecular complexity index is 308. The van der Waals surface area contributed by atoms with E-state index >= 15 is 0 Å². The average molecular weight is 205 g/mol. The van der Waals surface area contributed by atoms with Gasteiger partial charge in [-0.3, -0.25) is 4.79 Å². The van der Waals surface area contributed by atoms with Gasteiger partial charge in [-0.1, -0.05) is 50.0 Å². The Morgan fingerprint density at radius 3 is 1.86 bits per heavy atom. The number of benzene rings is 1. The highest BCUT2D eigenvalue weighted by Gasteiger charge is 2.09. The summed E-state index contributed by atoms with van der Waals surface area (Å²) in [5.41, 5.74) is 2.97. The first-order chi connectivity index (χ1) is 6.49. The molecule has 0 aliphatic carbocycles. The summed E-state index contributed by atoms with van der Waals surface area (Å²) in [6, 6.07) is 9.10. The normalized spacial score (nSPS) is 9.29. The zero-order valence-corrected chi connectivity index (χ0v) is 9.82. The van der Waals surface area contributed by atoms with E-state index in [1.165, 1.54) is 0 Å². The van der Waals surface area contributed by atoms with Crippen LogP contribution in [0.25, 0.3) is 0 Å². The average Bonchev–Trinajstić information content (AvgIpc) is 2.19. The molecule has 2 nitrogen and oxygen atoms in total. The predicted octanol–water partition coefficient (Wildman–Crippen LogP) is 2.89. The van der Waals surface area contributed by atoms with Crippen molar-refractivity contribution in [2.24, 2.45) is 0 Å². The van der Waals surface area contributed by atoms with Crippen molar-refractivity contribution in [2.75, 3.05) is 0 Å². The zero-order valence-electron chi connectivity index (χ0n) is 8.82. The Morgan fingerprint density at radius 2 is 1.64 bits per heavy atom. The molecule has 0 heterocycles. The van der Waals surface area contributed by atoms with Crippen molar-refractivity contribution in [1.29, 1.82) is 5.26 Å². The molecule has 0 aromatic heterocycles. The summed E-state index contributed by atoms with van der Waals surface area (Å²) in [6.45, 7) is 6.06. The van der Waals surface area contributed by atoms with Gasteiger partial charge in [0.1, 0.15) is 6.29 Å². The number of carbonyl (C=O) groups is 1. The predicted molar refractivity (Wildman–Crippen MR) is 60.8 cm³/mol. The van der Waals surface area contributed by atoms with Gasteiger partial charge in [-0.2, -0.15) is 0 Å². The van der Waals surface area contributed by atoms with E-state index in [0.29, 0.717) is 0 Å². The van der Waals surface area contributed by atoms with E-state index in [1.54, 1.807) is 12.1 Å². The molecule has 0 fully saturated rings. The smallest absolute Gasteiger partial charge is 0.164 e. The molecule has 3 heteroatoms. The lowest BCUT2D eigenvalue weighted by atomic mass is 10.2. The topological polar surface area (TPSA) is 40.9 Å². The summed E-state index contributed by atoms with van der Waals surface area (Å²) in [5, 5.41) is 8.21. The van der Waals surface area contributed by atoms with E-state index in [2.05, 4.69) is 5.69 Å². The van der Waals surface area contributed by atoms with Crippen LogP contribution in [-0.4, -0.2) is 14.4 Å². The van der Waals surface area contributed by atoms with Crippen molar-refractivity contribution in [3.8, 4) is 5.69 Å². The van der Waals surface area contributed by atoms with Crippen molar-refractivity contribution in [3.63, 3.8) is 0 Å². The summed E-state index contributed by atoms with van der Waals surface area (Å²) in [6.07, 6.45) is 0.833. The fourth-order valence-electron chi connectivity index (χ4n) is 0.532. The second-order valence-corrected chi connectivity index (χ2v) is 8.61. The quantitative estimate of drug-likeness (QED) is 0.522. The van der Waals surface area contributed by atoms with Crippen molar-refractivity contribution in [2.45, 2.75) is 19.6 Å². The van der Waals surface area contributed by atoms with E-state index in [0.717, 1.165) is 11.8 Å². The number of rotatable bonds is 1. The van der Waals surface area contributed by atoms with Crippen LogP contribution >= 0.6 is 0 Å². The molecule has 0 unspecified atom stereocenters. The van der Waals surface area contributed by atoms with Crippen LogP contribution in [0.2, 0.25) is 19.6 Å². The summed E-state index contributed by atoms with van der Waals surface area (Å²) in [4.78, 5) is 10.0. The fourth-order valence-corrected chi connectivity index (χ4v) is 0.532. The van der Waals surface area contributed by atoms with Crippen LogP contribution in [0, 0.1) is 11.0 Å². The van der Waals surface area contributed by atoms with Gasteiger partial charge in [0.2, 0.25) is 0 Å². The van der Waals surface area contributed by atoms with Gasteiger partial charge in [-0.25, -0.2) is 5.26 Å². The molecule has 0 N–H and O–H groups in total. The Labute approximate surface area is 86.2 Å². The monoisotopic (exact) mass is 205 g/mol. The molecule has 74 valence electrons. The summed E-state index contributed by atoms with van der Waals surface area (Å²) in [7, 11) is -1.33. The van der Waals surface area contributed by atoms with Crippen molar-refractivity contribution in [3.05, 3.63) is 35.9 Å². The van der Waals surface area contributed by atoms with Crippen LogP contribution in [-0.2, 0) is 0 Å². The van der Waals surface area contributed by atoms with Gasteiger partial charge in [-0.05, 0) is 0 Å². The van der Waals surface area contributed by atoms with Crippen LogP contribution < -0.4 is 0 Å². The summed E-state index contributed by atoms with van der Waals surface area (Å²) < 4.78 is 0. The molecule has 0 bridgehead atoms. The number of carbonyl (C=O) groups excluding carboxylic acids is 1. The molecule has 0 spiro atoms. The molecule has 1 aromatic carbocycles. The molecule has 1 rings (SSSR count). The third-order valence-electron chi connectivity index (χ3n) is 1.27. The standard InChI is InChI=1S/C7H6O.C4H9NSi/c8-6-7-4-2-1-3-5-7;1-6(2,3)4-5/h1-6H;1-3H3. The number of aldehydes is 1. The van der Waals surface area contributed by atoms with Gasteiger partial charge < -0.3 is 0 Å². The van der Waals surface area contributed by atoms with Crippen molar-refractivity contribution >= 4 is 14.4 Å². The number of nitrogens with zero attached hydrogens (tertiary/aromatic N) is 1. The number of nitriles is 1. The summed E-state index contributed by atoms with van der Waals surface area (Å²) >= 11 is 0. The molecule has 0 saturated heterocycles. The number of hydrogen-bond acceptors (Lipinski definition) is 2. The first kappa shape index (κ1) is 12.6. The van der Waals surface area contributed by atoms with E-state index < -0.39 is 8.07 Å². The highest BCUT2D eigenvalue weighted by atomic mass is 28.3. The van der Waals surface area contributed by atoms with Gasteiger partial charge in [0.05, 0.1) is 0 Å². The molecular weight excluding hydrogens is 190 g/mol. The van der Waals surface area contributed by atoms with Gasteiger partial charge in [0.15, 0.2) is 8.07 Å². The van der Waals surface area contributed by atoms with E-state index in [4.69, 9.17) is 5.26 Å². The molecule has 0 aliphatic rings. The molecule has 0 radical (unpaired) electrons. The molecule has 0 saturated carbocycles.